The van der Waals surface area contributed by atoms with Gasteiger partial charge in [0.2, 0.25) is 5.91 Å². The van der Waals surface area contributed by atoms with E-state index in [0.29, 0.717) is 17.7 Å². The van der Waals surface area contributed by atoms with Gasteiger partial charge in [0.15, 0.2) is 0 Å². The molecule has 0 aromatic rings. The van der Waals surface area contributed by atoms with Gasteiger partial charge in [-0.1, -0.05) is 13.3 Å². The van der Waals surface area contributed by atoms with Crippen LogP contribution in [-0.2, 0) is 4.79 Å². The molecule has 0 heterocycles. The van der Waals surface area contributed by atoms with Crippen molar-refractivity contribution in [2.24, 2.45) is 11.8 Å². The third-order valence-corrected chi connectivity index (χ3v) is 2.62. The van der Waals surface area contributed by atoms with Gasteiger partial charge in [-0.3, -0.25) is 4.79 Å². The molecule has 1 amide bonds. The average molecular weight is 155 g/mol. The second kappa shape index (κ2) is 3.24. The largest absolute Gasteiger partial charge is 0.349 e. The summed E-state index contributed by atoms with van der Waals surface area (Å²) >= 11 is 0. The molecule has 0 saturated heterocycles. The van der Waals surface area contributed by atoms with E-state index in [4.69, 9.17) is 0 Å². The van der Waals surface area contributed by atoms with Crippen LogP contribution in [0.4, 0.5) is 0 Å². The van der Waals surface area contributed by atoms with Crippen LogP contribution in [0.25, 0.3) is 0 Å². The van der Waals surface area contributed by atoms with E-state index in [-0.39, 0.29) is 0 Å². The van der Waals surface area contributed by atoms with Crippen LogP contribution in [0.15, 0.2) is 0 Å². The number of carbonyl (C=O) groups is 1. The standard InChI is InChI=1S/C9H17NO/c1-7-5-4-6-8(7)9(11)10(2)3/h7-8H,4-6H2,1-3H3/t7?,8-/m1/s1. The molecule has 1 unspecified atom stereocenters. The molecule has 1 aliphatic carbocycles. The predicted octanol–water partition coefficient (Wildman–Crippen LogP) is 1.51. The molecule has 1 saturated carbocycles. The predicted molar refractivity (Wildman–Crippen MR) is 45.2 cm³/mol. The second-order valence-corrected chi connectivity index (χ2v) is 3.75. The molecule has 0 bridgehead atoms. The first-order chi connectivity index (χ1) is 5.13. The van der Waals surface area contributed by atoms with Crippen molar-refractivity contribution >= 4 is 5.91 Å². The zero-order valence-electron chi connectivity index (χ0n) is 7.63. The number of hydrogen-bond acceptors (Lipinski definition) is 1. The first-order valence-electron chi connectivity index (χ1n) is 4.34. The Morgan fingerprint density at radius 3 is 2.36 bits per heavy atom. The molecule has 2 atom stereocenters. The Kier molecular flexibility index (Phi) is 2.53. The summed E-state index contributed by atoms with van der Waals surface area (Å²) in [7, 11) is 3.68. The Morgan fingerprint density at radius 1 is 1.36 bits per heavy atom. The van der Waals surface area contributed by atoms with Gasteiger partial charge in [0.05, 0.1) is 0 Å². The summed E-state index contributed by atoms with van der Waals surface area (Å²) in [6.45, 7) is 2.18. The minimum atomic E-state index is 0.310. The monoisotopic (exact) mass is 155 g/mol. The number of rotatable bonds is 1. The molecule has 2 nitrogen and oxygen atoms in total. The molecule has 1 fully saturated rings. The average Bonchev–Trinajstić information content (AvgIpc) is 2.33. The fourth-order valence-corrected chi connectivity index (χ4v) is 1.84. The Balaban J connectivity index is 2.53. The first-order valence-corrected chi connectivity index (χ1v) is 4.34. The maximum Gasteiger partial charge on any atom is 0.225 e. The van der Waals surface area contributed by atoms with Crippen LogP contribution in [0, 0.1) is 11.8 Å². The summed E-state index contributed by atoms with van der Waals surface area (Å²) in [5, 5.41) is 0. The molecule has 64 valence electrons. The van der Waals surface area contributed by atoms with Gasteiger partial charge in [-0.15, -0.1) is 0 Å². The van der Waals surface area contributed by atoms with Crippen molar-refractivity contribution in [1.29, 1.82) is 0 Å². The summed E-state index contributed by atoms with van der Waals surface area (Å²) in [4.78, 5) is 13.2. The quantitative estimate of drug-likeness (QED) is 0.562. The molecule has 1 rings (SSSR count). The van der Waals surface area contributed by atoms with Crippen molar-refractivity contribution in [2.45, 2.75) is 26.2 Å². The van der Waals surface area contributed by atoms with Gasteiger partial charge < -0.3 is 4.90 Å². The maximum absolute atomic E-state index is 11.5. The van der Waals surface area contributed by atoms with Gasteiger partial charge in [0.1, 0.15) is 0 Å². The highest BCUT2D eigenvalue weighted by Crippen LogP contribution is 2.31. The summed E-state index contributed by atoms with van der Waals surface area (Å²) in [5.41, 5.74) is 0. The molecule has 0 aliphatic heterocycles. The topological polar surface area (TPSA) is 20.3 Å². The van der Waals surface area contributed by atoms with Crippen LogP contribution in [0.1, 0.15) is 26.2 Å². The van der Waals surface area contributed by atoms with E-state index in [9.17, 15) is 4.79 Å². The van der Waals surface area contributed by atoms with Crippen molar-refractivity contribution in [3.8, 4) is 0 Å². The van der Waals surface area contributed by atoms with Crippen LogP contribution in [0.2, 0.25) is 0 Å². The van der Waals surface area contributed by atoms with Crippen LogP contribution < -0.4 is 0 Å². The number of nitrogens with zero attached hydrogens (tertiary/aromatic N) is 1. The maximum atomic E-state index is 11.5. The lowest BCUT2D eigenvalue weighted by atomic mass is 9.97. The summed E-state index contributed by atoms with van der Waals surface area (Å²) in [6, 6.07) is 0. The Labute approximate surface area is 68.6 Å². The van der Waals surface area contributed by atoms with Gasteiger partial charge in [-0.2, -0.15) is 0 Å². The van der Waals surface area contributed by atoms with E-state index in [2.05, 4.69) is 6.92 Å². The smallest absolute Gasteiger partial charge is 0.225 e. The molecule has 11 heavy (non-hydrogen) atoms. The molecule has 1 aliphatic rings. The molecule has 0 spiro atoms. The Hall–Kier alpha value is -0.530. The summed E-state index contributed by atoms with van der Waals surface area (Å²) in [6.07, 6.45) is 3.55. The minimum absolute atomic E-state index is 0.310. The highest BCUT2D eigenvalue weighted by Gasteiger charge is 2.30. The highest BCUT2D eigenvalue weighted by atomic mass is 16.2. The summed E-state index contributed by atoms with van der Waals surface area (Å²) in [5.74, 6) is 1.23. The van der Waals surface area contributed by atoms with Crippen molar-refractivity contribution in [3.63, 3.8) is 0 Å². The van der Waals surface area contributed by atoms with Crippen LogP contribution in [-0.4, -0.2) is 24.9 Å². The van der Waals surface area contributed by atoms with Gasteiger partial charge in [0.25, 0.3) is 0 Å². The number of carbonyl (C=O) groups excluding carboxylic acids is 1. The zero-order chi connectivity index (χ0) is 8.43. The highest BCUT2D eigenvalue weighted by molar-refractivity contribution is 5.78. The molecular formula is C9H17NO. The van der Waals surface area contributed by atoms with Gasteiger partial charge in [-0.25, -0.2) is 0 Å². The lowest BCUT2D eigenvalue weighted by Gasteiger charge is -2.19. The van der Waals surface area contributed by atoms with E-state index in [1.54, 1.807) is 4.90 Å². The molecule has 0 radical (unpaired) electrons. The van der Waals surface area contributed by atoms with Crippen molar-refractivity contribution in [2.75, 3.05) is 14.1 Å². The number of hydrogen-bond donors (Lipinski definition) is 0. The van der Waals surface area contributed by atoms with Crippen molar-refractivity contribution in [1.82, 2.24) is 4.90 Å². The Morgan fingerprint density at radius 2 is 2.00 bits per heavy atom. The van der Waals surface area contributed by atoms with E-state index >= 15 is 0 Å². The molecule has 2 heteroatoms. The van der Waals surface area contributed by atoms with Crippen LogP contribution in [0.3, 0.4) is 0 Å². The van der Waals surface area contributed by atoms with Crippen LogP contribution >= 0.6 is 0 Å². The third kappa shape index (κ3) is 1.73. The van der Waals surface area contributed by atoms with E-state index in [1.807, 2.05) is 14.1 Å². The van der Waals surface area contributed by atoms with Crippen molar-refractivity contribution in [3.05, 3.63) is 0 Å². The van der Waals surface area contributed by atoms with Gasteiger partial charge in [-0.05, 0) is 18.8 Å². The van der Waals surface area contributed by atoms with Gasteiger partial charge in [0, 0.05) is 20.0 Å². The normalized spacial score (nSPS) is 30.5. The lowest BCUT2D eigenvalue weighted by molar-refractivity contribution is -0.133. The molecule has 0 N–H and O–H groups in total. The minimum Gasteiger partial charge on any atom is -0.349 e. The van der Waals surface area contributed by atoms with E-state index in [1.165, 1.54) is 12.8 Å². The fraction of sp³-hybridized carbons (Fsp3) is 0.889. The Bertz CT molecular complexity index is 154. The second-order valence-electron chi connectivity index (χ2n) is 3.75. The molecule has 0 aromatic carbocycles. The molecular weight excluding hydrogens is 138 g/mol. The SMILES string of the molecule is CC1CCC[C@H]1C(=O)N(C)C. The molecule has 0 aromatic heterocycles. The van der Waals surface area contributed by atoms with E-state index in [0.717, 1.165) is 6.42 Å². The van der Waals surface area contributed by atoms with E-state index < -0.39 is 0 Å². The van der Waals surface area contributed by atoms with Crippen LogP contribution in [0.5, 0.6) is 0 Å². The number of amides is 1. The zero-order valence-corrected chi connectivity index (χ0v) is 7.63. The summed E-state index contributed by atoms with van der Waals surface area (Å²) < 4.78 is 0. The third-order valence-electron chi connectivity index (χ3n) is 2.62. The fourth-order valence-electron chi connectivity index (χ4n) is 1.84. The van der Waals surface area contributed by atoms with Crippen molar-refractivity contribution < 1.29 is 4.79 Å². The lowest BCUT2D eigenvalue weighted by Crippen LogP contribution is -2.30. The van der Waals surface area contributed by atoms with Gasteiger partial charge >= 0.3 is 0 Å². The first kappa shape index (κ1) is 8.57.